The monoisotopic (exact) mass is 404 g/mol. The molecule has 6 nitrogen and oxygen atoms in total. The quantitative estimate of drug-likeness (QED) is 0.547. The standard InChI is InChI=1S/C21H25ClN2O4/c1-5-27-20(26)24-17-11-15(21(2,3)4)10-14(12-23)18(17)28-19(25)13-6-8-16(22)9-7-13/h6-11H,5,12,23H2,1-4H3,(H,24,26). The molecule has 0 saturated carbocycles. The highest BCUT2D eigenvalue weighted by Crippen LogP contribution is 2.36. The molecule has 2 aromatic carbocycles. The van der Waals surface area contributed by atoms with Gasteiger partial charge in [0.1, 0.15) is 0 Å². The van der Waals surface area contributed by atoms with Gasteiger partial charge >= 0.3 is 12.1 Å². The summed E-state index contributed by atoms with van der Waals surface area (Å²) in [4.78, 5) is 24.6. The minimum atomic E-state index is -0.639. The van der Waals surface area contributed by atoms with Crippen molar-refractivity contribution in [2.45, 2.75) is 39.7 Å². The fourth-order valence-electron chi connectivity index (χ4n) is 2.50. The number of anilines is 1. The molecule has 7 heteroatoms. The maximum absolute atomic E-state index is 12.6. The second kappa shape index (κ2) is 9.08. The molecule has 0 atom stereocenters. The topological polar surface area (TPSA) is 90.7 Å². The second-order valence-corrected chi connectivity index (χ2v) is 7.64. The summed E-state index contributed by atoms with van der Waals surface area (Å²) in [6.45, 7) is 8.17. The van der Waals surface area contributed by atoms with E-state index in [1.54, 1.807) is 37.3 Å². The Labute approximate surface area is 170 Å². The molecule has 0 heterocycles. The van der Waals surface area contributed by atoms with Crippen LogP contribution in [0.5, 0.6) is 5.75 Å². The average molecular weight is 405 g/mol. The van der Waals surface area contributed by atoms with Crippen molar-refractivity contribution < 1.29 is 19.1 Å². The fourth-order valence-corrected chi connectivity index (χ4v) is 2.63. The van der Waals surface area contributed by atoms with Gasteiger partial charge in [0, 0.05) is 17.1 Å². The molecule has 1 amide bonds. The Morgan fingerprint density at radius 3 is 2.32 bits per heavy atom. The van der Waals surface area contributed by atoms with E-state index in [9.17, 15) is 9.59 Å². The molecule has 0 bridgehead atoms. The van der Waals surface area contributed by atoms with Crippen molar-refractivity contribution in [1.29, 1.82) is 0 Å². The summed E-state index contributed by atoms with van der Waals surface area (Å²) in [6.07, 6.45) is -0.639. The molecule has 0 aliphatic carbocycles. The second-order valence-electron chi connectivity index (χ2n) is 7.21. The maximum Gasteiger partial charge on any atom is 0.411 e. The van der Waals surface area contributed by atoms with E-state index in [2.05, 4.69) is 5.32 Å². The van der Waals surface area contributed by atoms with E-state index in [1.807, 2.05) is 26.8 Å². The molecule has 0 fully saturated rings. The highest BCUT2D eigenvalue weighted by molar-refractivity contribution is 6.30. The number of ether oxygens (including phenoxy) is 2. The van der Waals surface area contributed by atoms with Crippen LogP contribution in [-0.2, 0) is 16.7 Å². The molecule has 0 unspecified atom stereocenters. The van der Waals surface area contributed by atoms with Crippen molar-refractivity contribution in [2.24, 2.45) is 5.73 Å². The molecular weight excluding hydrogens is 380 g/mol. The van der Waals surface area contributed by atoms with Crippen molar-refractivity contribution in [2.75, 3.05) is 11.9 Å². The number of carbonyl (C=O) groups is 2. The van der Waals surface area contributed by atoms with Gasteiger partial charge in [-0.25, -0.2) is 9.59 Å². The smallest absolute Gasteiger partial charge is 0.411 e. The first-order chi connectivity index (χ1) is 13.2. The Kier molecular flexibility index (Phi) is 7.05. The van der Waals surface area contributed by atoms with E-state index in [1.165, 1.54) is 0 Å². The highest BCUT2D eigenvalue weighted by atomic mass is 35.5. The van der Waals surface area contributed by atoms with Crippen LogP contribution in [0.1, 0.15) is 49.2 Å². The third-order valence-electron chi connectivity index (χ3n) is 4.04. The number of carbonyl (C=O) groups excluding carboxylic acids is 2. The van der Waals surface area contributed by atoms with Gasteiger partial charge < -0.3 is 15.2 Å². The van der Waals surface area contributed by atoms with E-state index in [0.717, 1.165) is 5.56 Å². The molecule has 28 heavy (non-hydrogen) atoms. The van der Waals surface area contributed by atoms with Crippen LogP contribution in [0.15, 0.2) is 36.4 Å². The zero-order valence-corrected chi connectivity index (χ0v) is 17.2. The van der Waals surface area contributed by atoms with E-state index >= 15 is 0 Å². The van der Waals surface area contributed by atoms with E-state index in [0.29, 0.717) is 21.8 Å². The third-order valence-corrected chi connectivity index (χ3v) is 4.29. The minimum Gasteiger partial charge on any atom is -0.450 e. The van der Waals surface area contributed by atoms with Crippen LogP contribution in [0.3, 0.4) is 0 Å². The number of nitrogens with two attached hydrogens (primary N) is 1. The lowest BCUT2D eigenvalue weighted by Gasteiger charge is -2.23. The maximum atomic E-state index is 12.6. The zero-order valence-electron chi connectivity index (χ0n) is 16.5. The number of esters is 1. The number of nitrogens with one attached hydrogen (secondary N) is 1. The largest absolute Gasteiger partial charge is 0.450 e. The van der Waals surface area contributed by atoms with Gasteiger partial charge in [-0.1, -0.05) is 38.4 Å². The van der Waals surface area contributed by atoms with Crippen molar-refractivity contribution >= 4 is 29.4 Å². The van der Waals surface area contributed by atoms with Crippen LogP contribution in [0, 0.1) is 0 Å². The summed E-state index contributed by atoms with van der Waals surface area (Å²) in [5.41, 5.74) is 7.89. The van der Waals surface area contributed by atoms with Crippen molar-refractivity contribution in [3.63, 3.8) is 0 Å². The predicted molar refractivity (Wildman–Crippen MR) is 110 cm³/mol. The number of benzene rings is 2. The van der Waals surface area contributed by atoms with E-state index < -0.39 is 12.1 Å². The Balaban J connectivity index is 2.48. The van der Waals surface area contributed by atoms with Crippen molar-refractivity contribution in [1.82, 2.24) is 0 Å². The van der Waals surface area contributed by atoms with Crippen molar-refractivity contribution in [3.05, 3.63) is 58.1 Å². The fraction of sp³-hybridized carbons (Fsp3) is 0.333. The van der Waals surface area contributed by atoms with Gasteiger partial charge in [0.05, 0.1) is 17.9 Å². The zero-order chi connectivity index (χ0) is 20.9. The predicted octanol–water partition coefficient (Wildman–Crippen LogP) is 4.88. The van der Waals surface area contributed by atoms with Gasteiger partial charge in [0.25, 0.3) is 0 Å². The molecule has 150 valence electrons. The van der Waals surface area contributed by atoms with Gasteiger partial charge in [0.2, 0.25) is 0 Å². The minimum absolute atomic E-state index is 0.130. The summed E-state index contributed by atoms with van der Waals surface area (Å²) in [5.74, 6) is -0.384. The van der Waals surface area contributed by atoms with Gasteiger partial charge in [-0.2, -0.15) is 0 Å². The summed E-state index contributed by atoms with van der Waals surface area (Å²) >= 11 is 5.87. The molecule has 2 aromatic rings. The van der Waals surface area contributed by atoms with Gasteiger partial charge in [0.15, 0.2) is 5.75 Å². The average Bonchev–Trinajstić information content (AvgIpc) is 2.62. The summed E-state index contributed by atoms with van der Waals surface area (Å²) < 4.78 is 10.6. The number of halogens is 1. The number of hydrogen-bond acceptors (Lipinski definition) is 5. The Morgan fingerprint density at radius 2 is 1.79 bits per heavy atom. The SMILES string of the molecule is CCOC(=O)Nc1cc(C(C)(C)C)cc(CN)c1OC(=O)c1ccc(Cl)cc1. The van der Waals surface area contributed by atoms with E-state index in [-0.39, 0.29) is 24.3 Å². The molecule has 0 radical (unpaired) electrons. The molecule has 0 spiro atoms. The Bertz CT molecular complexity index is 858. The van der Waals surface area contributed by atoms with Gasteiger partial charge in [-0.3, -0.25) is 5.32 Å². The molecular formula is C21H25ClN2O4. The molecule has 2 rings (SSSR count). The first kappa shape index (κ1) is 21.7. The number of hydrogen-bond donors (Lipinski definition) is 2. The lowest BCUT2D eigenvalue weighted by molar-refractivity contribution is 0.0733. The van der Waals surface area contributed by atoms with Crippen LogP contribution in [0.2, 0.25) is 5.02 Å². The lowest BCUT2D eigenvalue weighted by atomic mass is 9.85. The van der Waals surface area contributed by atoms with Crippen LogP contribution in [0.4, 0.5) is 10.5 Å². The number of rotatable bonds is 5. The summed E-state index contributed by atoms with van der Waals surface area (Å²) in [5, 5.41) is 3.16. The normalized spacial score (nSPS) is 11.1. The van der Waals surface area contributed by atoms with Crippen LogP contribution < -0.4 is 15.8 Å². The molecule has 0 aliphatic heterocycles. The molecule has 0 aliphatic rings. The Hall–Kier alpha value is -2.57. The molecule has 0 aromatic heterocycles. The highest BCUT2D eigenvalue weighted by Gasteiger charge is 2.22. The third kappa shape index (κ3) is 5.47. The van der Waals surface area contributed by atoms with Crippen LogP contribution in [-0.4, -0.2) is 18.7 Å². The molecule has 0 saturated heterocycles. The van der Waals surface area contributed by atoms with Crippen LogP contribution >= 0.6 is 11.6 Å². The first-order valence-corrected chi connectivity index (χ1v) is 9.32. The lowest BCUT2D eigenvalue weighted by Crippen LogP contribution is -2.20. The Morgan fingerprint density at radius 1 is 1.14 bits per heavy atom. The summed E-state index contributed by atoms with van der Waals surface area (Å²) in [6, 6.07) is 9.97. The first-order valence-electron chi connectivity index (χ1n) is 8.94. The van der Waals surface area contributed by atoms with E-state index in [4.69, 9.17) is 26.8 Å². The van der Waals surface area contributed by atoms with Crippen LogP contribution in [0.25, 0.3) is 0 Å². The van der Waals surface area contributed by atoms with Gasteiger partial charge in [-0.15, -0.1) is 0 Å². The van der Waals surface area contributed by atoms with Crippen molar-refractivity contribution in [3.8, 4) is 5.75 Å². The van der Waals surface area contributed by atoms with Gasteiger partial charge in [-0.05, 0) is 48.2 Å². The molecule has 3 N–H and O–H groups in total. The number of amides is 1. The summed E-state index contributed by atoms with van der Waals surface area (Å²) in [7, 11) is 0.